The number of hydrogen-bond donors (Lipinski definition) is 0. The molecule has 1 aliphatic heterocycles. The van der Waals surface area contributed by atoms with Crippen LogP contribution in [0.1, 0.15) is 16.7 Å². The average molecular weight is 535 g/mol. The first-order valence-electron chi connectivity index (χ1n) is 11.9. The smallest absolute Gasteiger partial charge is 0.263 e. The van der Waals surface area contributed by atoms with E-state index in [1.165, 1.54) is 42.7 Å². The summed E-state index contributed by atoms with van der Waals surface area (Å²) in [5, 5.41) is 0. The zero-order valence-corrected chi connectivity index (χ0v) is 22.9. The minimum absolute atomic E-state index is 0.00816. The molecule has 0 unspecified atom stereocenters. The first-order chi connectivity index (χ1) is 18.8. The minimum Gasteiger partial charge on any atom is -0.496 e. The third-order valence-corrected chi connectivity index (χ3v) is 6.03. The lowest BCUT2D eigenvalue weighted by molar-refractivity contribution is -0.115. The Morgan fingerprint density at radius 3 is 1.38 bits per heavy atom. The molecule has 1 aliphatic rings. The van der Waals surface area contributed by atoms with Crippen LogP contribution in [0.5, 0.6) is 46.0 Å². The summed E-state index contributed by atoms with van der Waals surface area (Å²) in [6.45, 7) is 1.92. The van der Waals surface area contributed by atoms with Gasteiger partial charge in [-0.05, 0) is 48.9 Å². The third-order valence-electron chi connectivity index (χ3n) is 6.03. The van der Waals surface area contributed by atoms with Crippen molar-refractivity contribution in [2.75, 3.05) is 42.7 Å². The van der Waals surface area contributed by atoms with Crippen LogP contribution in [0.25, 0.3) is 12.2 Å². The maximum atomic E-state index is 13.9. The number of aryl methyl sites for hydroxylation is 1. The van der Waals surface area contributed by atoms with Crippen molar-refractivity contribution in [2.45, 2.75) is 6.92 Å². The van der Waals surface area contributed by atoms with Crippen LogP contribution in [0.2, 0.25) is 0 Å². The summed E-state index contributed by atoms with van der Waals surface area (Å²) in [5.41, 5.74) is 2.01. The molecule has 0 aromatic heterocycles. The van der Waals surface area contributed by atoms with Gasteiger partial charge in [0.05, 0.1) is 42.7 Å². The van der Waals surface area contributed by atoms with Crippen molar-refractivity contribution in [3.8, 4) is 46.0 Å². The molecule has 3 aromatic carbocycles. The van der Waals surface area contributed by atoms with Crippen LogP contribution < -0.4 is 37.9 Å². The van der Waals surface area contributed by atoms with E-state index in [4.69, 9.17) is 37.9 Å². The van der Waals surface area contributed by atoms with Crippen LogP contribution >= 0.6 is 0 Å². The van der Waals surface area contributed by atoms with E-state index < -0.39 is 5.78 Å². The van der Waals surface area contributed by atoms with Gasteiger partial charge in [0, 0.05) is 23.3 Å². The summed E-state index contributed by atoms with van der Waals surface area (Å²) in [4.78, 5) is 13.9. The molecule has 0 bridgehead atoms. The van der Waals surface area contributed by atoms with Gasteiger partial charge in [-0.25, -0.2) is 0 Å². The average Bonchev–Trinajstić information content (AvgIpc) is 3.08. The summed E-state index contributed by atoms with van der Waals surface area (Å²) in [6, 6.07) is 12.2. The molecule has 1 heterocycles. The van der Waals surface area contributed by atoms with Gasteiger partial charge in [-0.2, -0.15) is 0 Å². The molecule has 0 saturated carbocycles. The Hall–Kier alpha value is -4.79. The molecule has 3 aromatic rings. The number of hydrogen-bond acceptors (Lipinski definition) is 9. The lowest BCUT2D eigenvalue weighted by Gasteiger charge is -2.14. The second-order valence-corrected chi connectivity index (χ2v) is 8.40. The second-order valence-electron chi connectivity index (χ2n) is 8.40. The summed E-state index contributed by atoms with van der Waals surface area (Å²) in [6.07, 6.45) is 3.14. The first kappa shape index (κ1) is 27.3. The maximum Gasteiger partial charge on any atom is 0.263 e. The Labute approximate surface area is 227 Å². The van der Waals surface area contributed by atoms with E-state index in [1.54, 1.807) is 48.6 Å². The zero-order valence-electron chi connectivity index (χ0n) is 22.9. The van der Waals surface area contributed by atoms with Crippen LogP contribution in [0.4, 0.5) is 0 Å². The molecule has 0 radical (unpaired) electrons. The number of rotatable bonds is 8. The molecule has 0 saturated heterocycles. The normalized spacial score (nSPS) is 14.6. The van der Waals surface area contributed by atoms with E-state index in [0.717, 1.165) is 5.56 Å². The van der Waals surface area contributed by atoms with Crippen LogP contribution in [-0.4, -0.2) is 48.4 Å². The predicted octanol–water partition coefficient (Wildman–Crippen LogP) is 5.47. The molecule has 0 atom stereocenters. The Balaban J connectivity index is 1.91. The van der Waals surface area contributed by atoms with Crippen molar-refractivity contribution < 1.29 is 42.7 Å². The van der Waals surface area contributed by atoms with Crippen LogP contribution in [0, 0.1) is 6.92 Å². The van der Waals surface area contributed by atoms with Gasteiger partial charge >= 0.3 is 0 Å². The molecule has 9 nitrogen and oxygen atoms in total. The van der Waals surface area contributed by atoms with Gasteiger partial charge in [-0.1, -0.05) is 6.07 Å². The summed E-state index contributed by atoms with van der Waals surface area (Å²) >= 11 is 0. The number of carbonyl (C=O) groups is 1. The molecule has 0 aliphatic carbocycles. The zero-order chi connectivity index (χ0) is 28.1. The molecule has 0 fully saturated rings. The standard InChI is InChI=1S/C30H30O9/c1-17-8-9-20-27(10-17)39-29(14-19-12-24(35-5)26(37-7)16-22(19)33-3)30(31)28(38-20)13-18-11-23(34-4)25(36-6)15-21(18)32-2/h8-16H,1-7H3/b28-13-,29-14-. The molecule has 39 heavy (non-hydrogen) atoms. The van der Waals surface area contributed by atoms with E-state index in [1.807, 2.05) is 13.0 Å². The highest BCUT2D eigenvalue weighted by Gasteiger charge is 2.28. The maximum absolute atomic E-state index is 13.9. The Morgan fingerprint density at radius 2 is 0.949 bits per heavy atom. The topological polar surface area (TPSA) is 90.9 Å². The van der Waals surface area contributed by atoms with E-state index in [0.29, 0.717) is 57.1 Å². The number of fused-ring (bicyclic) bond motifs is 1. The largest absolute Gasteiger partial charge is 0.496 e. The van der Waals surface area contributed by atoms with Crippen molar-refractivity contribution in [3.05, 3.63) is 70.7 Å². The van der Waals surface area contributed by atoms with Gasteiger partial charge < -0.3 is 37.9 Å². The molecule has 9 heteroatoms. The summed E-state index contributed by atoms with van der Waals surface area (Å²) in [5.74, 6) is 3.08. The highest BCUT2D eigenvalue weighted by Crippen LogP contribution is 2.40. The van der Waals surface area contributed by atoms with Gasteiger partial charge in [-0.3, -0.25) is 4.79 Å². The quantitative estimate of drug-likeness (QED) is 0.349. The van der Waals surface area contributed by atoms with Crippen molar-refractivity contribution in [3.63, 3.8) is 0 Å². The number of Topliss-reactive ketones (excluding diaryl/α,β-unsaturated/α-hetero) is 1. The monoisotopic (exact) mass is 534 g/mol. The van der Waals surface area contributed by atoms with Gasteiger partial charge in [0.2, 0.25) is 0 Å². The third kappa shape index (κ3) is 5.57. The van der Waals surface area contributed by atoms with Crippen molar-refractivity contribution in [2.24, 2.45) is 0 Å². The van der Waals surface area contributed by atoms with Crippen molar-refractivity contribution in [1.29, 1.82) is 0 Å². The SMILES string of the molecule is COc1cc(OC)c(OC)cc1/C=C1\Oc2ccc(C)cc2O/C(=C\c2cc(OC)c(OC)cc2OC)C1=O. The molecule has 0 spiro atoms. The molecule has 4 rings (SSSR count). The van der Waals surface area contributed by atoms with Crippen LogP contribution in [0.3, 0.4) is 0 Å². The number of ether oxygens (including phenoxy) is 8. The lowest BCUT2D eigenvalue weighted by atomic mass is 10.1. The van der Waals surface area contributed by atoms with Crippen molar-refractivity contribution in [1.82, 2.24) is 0 Å². The lowest BCUT2D eigenvalue weighted by Crippen LogP contribution is -2.12. The molecular formula is C30H30O9. The summed E-state index contributed by atoms with van der Waals surface area (Å²) in [7, 11) is 9.16. The van der Waals surface area contributed by atoms with Crippen molar-refractivity contribution >= 4 is 17.9 Å². The number of methoxy groups -OCH3 is 6. The molecule has 204 valence electrons. The van der Waals surface area contributed by atoms with Gasteiger partial charge in [0.15, 0.2) is 46.0 Å². The van der Waals surface area contributed by atoms with Gasteiger partial charge in [-0.15, -0.1) is 0 Å². The molecule has 0 N–H and O–H groups in total. The molecular weight excluding hydrogens is 504 g/mol. The Kier molecular flexibility index (Phi) is 8.19. The predicted molar refractivity (Wildman–Crippen MR) is 146 cm³/mol. The molecule has 0 amide bonds. The van der Waals surface area contributed by atoms with E-state index in [-0.39, 0.29) is 11.5 Å². The Bertz CT molecular complexity index is 1450. The van der Waals surface area contributed by atoms with Gasteiger partial charge in [0.25, 0.3) is 5.78 Å². The van der Waals surface area contributed by atoms with Gasteiger partial charge in [0.1, 0.15) is 11.5 Å². The fourth-order valence-corrected chi connectivity index (χ4v) is 4.03. The number of carbonyl (C=O) groups excluding carboxylic acids is 1. The number of ketones is 1. The minimum atomic E-state index is -0.502. The number of benzene rings is 3. The fourth-order valence-electron chi connectivity index (χ4n) is 4.03. The highest BCUT2D eigenvalue weighted by molar-refractivity contribution is 6.12. The van der Waals surface area contributed by atoms with Crippen LogP contribution in [0.15, 0.2) is 54.0 Å². The van der Waals surface area contributed by atoms with E-state index in [2.05, 4.69) is 0 Å². The second kappa shape index (κ2) is 11.7. The van der Waals surface area contributed by atoms with Crippen LogP contribution in [-0.2, 0) is 4.79 Å². The Morgan fingerprint density at radius 1 is 0.538 bits per heavy atom. The summed E-state index contributed by atoms with van der Waals surface area (Å²) < 4.78 is 45.0. The highest BCUT2D eigenvalue weighted by atomic mass is 16.5. The van der Waals surface area contributed by atoms with E-state index >= 15 is 0 Å². The fraction of sp³-hybridized carbons (Fsp3) is 0.233. The first-order valence-corrected chi connectivity index (χ1v) is 11.9. The van der Waals surface area contributed by atoms with E-state index in [9.17, 15) is 4.79 Å².